The van der Waals surface area contributed by atoms with E-state index in [0.29, 0.717) is 4.90 Å². The summed E-state index contributed by atoms with van der Waals surface area (Å²) in [5, 5.41) is 4.92. The monoisotopic (exact) mass is 357 g/mol. The van der Waals surface area contributed by atoms with Crippen LogP contribution in [0.4, 0.5) is 18.0 Å². The highest BCUT2D eigenvalue weighted by Gasteiger charge is 2.50. The van der Waals surface area contributed by atoms with E-state index in [2.05, 4.69) is 10.6 Å². The number of rotatable bonds is 4. The molecule has 0 aromatic heterocycles. The Morgan fingerprint density at radius 3 is 2.52 bits per heavy atom. The number of urea groups is 1. The van der Waals surface area contributed by atoms with Gasteiger partial charge in [-0.05, 0) is 38.5 Å². The minimum Gasteiger partial charge on any atom is -0.352 e. The maximum absolute atomic E-state index is 12.9. The molecule has 1 heterocycles. The van der Waals surface area contributed by atoms with Gasteiger partial charge in [0.1, 0.15) is 12.1 Å². The molecule has 1 fully saturated rings. The molecule has 6 nitrogen and oxygen atoms in total. The molecule has 1 aliphatic heterocycles. The zero-order valence-electron chi connectivity index (χ0n) is 13.9. The van der Waals surface area contributed by atoms with Gasteiger partial charge in [-0.15, -0.1) is 0 Å². The summed E-state index contributed by atoms with van der Waals surface area (Å²) in [6, 6.07) is 3.17. The van der Waals surface area contributed by atoms with Crippen molar-refractivity contribution >= 4 is 17.8 Å². The van der Waals surface area contributed by atoms with Crippen LogP contribution in [0.2, 0.25) is 0 Å². The summed E-state index contributed by atoms with van der Waals surface area (Å²) in [4.78, 5) is 37.2. The Morgan fingerprint density at radius 1 is 1.32 bits per heavy atom. The number of imide groups is 1. The summed E-state index contributed by atoms with van der Waals surface area (Å²) in [6.07, 6.45) is -4.57. The van der Waals surface area contributed by atoms with Crippen LogP contribution in [0, 0.1) is 0 Å². The molecule has 25 heavy (non-hydrogen) atoms. The van der Waals surface area contributed by atoms with E-state index < -0.39 is 41.7 Å². The first-order valence-electron chi connectivity index (χ1n) is 7.56. The Balaban J connectivity index is 2.29. The first-order valence-corrected chi connectivity index (χ1v) is 7.56. The van der Waals surface area contributed by atoms with E-state index in [1.54, 1.807) is 13.8 Å². The second-order valence-corrected chi connectivity index (χ2v) is 6.25. The molecule has 136 valence electrons. The minimum atomic E-state index is -4.57. The highest BCUT2D eigenvalue weighted by molar-refractivity contribution is 6.09. The van der Waals surface area contributed by atoms with Gasteiger partial charge in [0.15, 0.2) is 0 Å². The number of hydrogen-bond acceptors (Lipinski definition) is 3. The molecule has 0 spiro atoms. The number of amides is 4. The fraction of sp³-hybridized carbons (Fsp3) is 0.438. The molecule has 1 aromatic carbocycles. The van der Waals surface area contributed by atoms with Crippen molar-refractivity contribution in [2.24, 2.45) is 0 Å². The van der Waals surface area contributed by atoms with E-state index in [4.69, 9.17) is 0 Å². The molecule has 0 saturated carbocycles. The number of carbonyl (C=O) groups is 3. The van der Waals surface area contributed by atoms with Gasteiger partial charge in [0, 0.05) is 6.04 Å². The molecule has 0 aliphatic carbocycles. The van der Waals surface area contributed by atoms with Crippen LogP contribution in [-0.2, 0) is 21.3 Å². The van der Waals surface area contributed by atoms with Crippen molar-refractivity contribution in [1.82, 2.24) is 15.5 Å². The van der Waals surface area contributed by atoms with Gasteiger partial charge in [0.25, 0.3) is 5.91 Å². The second-order valence-electron chi connectivity index (χ2n) is 6.25. The van der Waals surface area contributed by atoms with Crippen LogP contribution >= 0.6 is 0 Å². The van der Waals surface area contributed by atoms with Gasteiger partial charge in [-0.1, -0.05) is 12.1 Å². The van der Waals surface area contributed by atoms with Gasteiger partial charge in [-0.2, -0.15) is 13.2 Å². The van der Waals surface area contributed by atoms with Gasteiger partial charge >= 0.3 is 12.2 Å². The predicted octanol–water partition coefficient (Wildman–Crippen LogP) is 2.00. The molecule has 4 amide bonds. The number of alkyl halides is 3. The molecular formula is C16H18F3N3O3. The topological polar surface area (TPSA) is 78.5 Å². The summed E-state index contributed by atoms with van der Waals surface area (Å²) in [5.74, 6) is -1.32. The lowest BCUT2D eigenvalue weighted by molar-refractivity contribution is -0.138. The fourth-order valence-electron chi connectivity index (χ4n) is 2.55. The SMILES string of the molecule is CC(C)NC(=O)CN1C(=O)N[C@](C)(c2cccc(C(F)(F)F)c2)C1=O. The maximum atomic E-state index is 12.9. The van der Waals surface area contributed by atoms with Crippen LogP contribution in [0.3, 0.4) is 0 Å². The summed E-state index contributed by atoms with van der Waals surface area (Å²) in [7, 11) is 0. The number of nitrogens with zero attached hydrogens (tertiary/aromatic N) is 1. The Morgan fingerprint density at radius 2 is 1.96 bits per heavy atom. The predicted molar refractivity (Wildman–Crippen MR) is 82.3 cm³/mol. The van der Waals surface area contributed by atoms with Crippen LogP contribution in [0.5, 0.6) is 0 Å². The molecule has 1 aliphatic rings. The lowest BCUT2D eigenvalue weighted by atomic mass is 9.90. The van der Waals surface area contributed by atoms with E-state index in [1.165, 1.54) is 13.0 Å². The molecule has 0 unspecified atom stereocenters. The van der Waals surface area contributed by atoms with Crippen LogP contribution in [0.25, 0.3) is 0 Å². The summed E-state index contributed by atoms with van der Waals surface area (Å²) < 4.78 is 38.7. The highest BCUT2D eigenvalue weighted by Crippen LogP contribution is 2.34. The Labute approximate surface area is 142 Å². The van der Waals surface area contributed by atoms with Crippen molar-refractivity contribution < 1.29 is 27.6 Å². The van der Waals surface area contributed by atoms with Crippen LogP contribution in [0.1, 0.15) is 31.9 Å². The van der Waals surface area contributed by atoms with Gasteiger partial charge < -0.3 is 10.6 Å². The smallest absolute Gasteiger partial charge is 0.352 e. The molecule has 9 heteroatoms. The third-order valence-electron chi connectivity index (χ3n) is 3.79. The van der Waals surface area contributed by atoms with E-state index in [0.717, 1.165) is 18.2 Å². The van der Waals surface area contributed by atoms with Crippen molar-refractivity contribution in [3.63, 3.8) is 0 Å². The average Bonchev–Trinajstić information content (AvgIpc) is 2.70. The maximum Gasteiger partial charge on any atom is 0.416 e. The first kappa shape index (κ1) is 18.8. The van der Waals surface area contributed by atoms with Crippen molar-refractivity contribution in [3.05, 3.63) is 35.4 Å². The molecule has 0 bridgehead atoms. The zero-order valence-corrected chi connectivity index (χ0v) is 13.9. The molecule has 2 rings (SSSR count). The van der Waals surface area contributed by atoms with Crippen LogP contribution in [0.15, 0.2) is 24.3 Å². The number of benzene rings is 1. The molecular weight excluding hydrogens is 339 g/mol. The van der Waals surface area contributed by atoms with Gasteiger partial charge in [0.05, 0.1) is 5.56 Å². The molecule has 1 atom stereocenters. The Bertz CT molecular complexity index is 718. The molecule has 1 aromatic rings. The molecule has 0 radical (unpaired) electrons. The summed E-state index contributed by atoms with van der Waals surface area (Å²) in [5.41, 5.74) is -2.60. The van der Waals surface area contributed by atoms with Crippen molar-refractivity contribution in [2.45, 2.75) is 38.5 Å². The summed E-state index contributed by atoms with van der Waals surface area (Å²) in [6.45, 7) is 4.24. The van der Waals surface area contributed by atoms with Crippen molar-refractivity contribution in [3.8, 4) is 0 Å². The number of hydrogen-bond donors (Lipinski definition) is 2. The fourth-order valence-corrected chi connectivity index (χ4v) is 2.55. The molecule has 2 N–H and O–H groups in total. The quantitative estimate of drug-likeness (QED) is 0.809. The van der Waals surface area contributed by atoms with Gasteiger partial charge in [0.2, 0.25) is 5.91 Å². The van der Waals surface area contributed by atoms with Crippen molar-refractivity contribution in [1.29, 1.82) is 0 Å². The van der Waals surface area contributed by atoms with Gasteiger partial charge in [-0.25, -0.2) is 4.79 Å². The molecule has 1 saturated heterocycles. The number of carbonyl (C=O) groups excluding carboxylic acids is 3. The zero-order chi connectivity index (χ0) is 19.0. The number of halogens is 3. The minimum absolute atomic E-state index is 0.00700. The average molecular weight is 357 g/mol. The first-order chi connectivity index (χ1) is 11.4. The number of nitrogens with one attached hydrogen (secondary N) is 2. The van der Waals surface area contributed by atoms with Crippen molar-refractivity contribution in [2.75, 3.05) is 6.54 Å². The third-order valence-corrected chi connectivity index (χ3v) is 3.79. The van der Waals surface area contributed by atoms with E-state index >= 15 is 0 Å². The highest BCUT2D eigenvalue weighted by atomic mass is 19.4. The van der Waals surface area contributed by atoms with E-state index in [-0.39, 0.29) is 11.6 Å². The Hall–Kier alpha value is -2.58. The Kier molecular flexibility index (Phi) is 4.79. The standard InChI is InChI=1S/C16H18F3N3O3/c1-9(2)20-12(23)8-22-13(24)15(3,21-14(22)25)10-5-4-6-11(7-10)16(17,18)19/h4-7,9H,8H2,1-3H3,(H,20,23)(H,21,25)/t15-/m1/s1. The second kappa shape index (κ2) is 6.38. The van der Waals surface area contributed by atoms with Gasteiger partial charge in [-0.3, -0.25) is 14.5 Å². The largest absolute Gasteiger partial charge is 0.416 e. The van der Waals surface area contributed by atoms with E-state index in [9.17, 15) is 27.6 Å². The van der Waals surface area contributed by atoms with E-state index in [1.807, 2.05) is 0 Å². The third kappa shape index (κ3) is 3.75. The summed E-state index contributed by atoms with van der Waals surface area (Å²) >= 11 is 0. The lowest BCUT2D eigenvalue weighted by Gasteiger charge is -2.23. The van der Waals surface area contributed by atoms with Crippen LogP contribution in [-0.4, -0.2) is 35.3 Å². The normalized spacial score (nSPS) is 20.8. The van der Waals surface area contributed by atoms with Crippen LogP contribution < -0.4 is 10.6 Å². The lowest BCUT2D eigenvalue weighted by Crippen LogP contribution is -2.44.